The van der Waals surface area contributed by atoms with E-state index in [1.807, 2.05) is 30.3 Å². The van der Waals surface area contributed by atoms with Gasteiger partial charge in [0.05, 0.1) is 20.6 Å². The third kappa shape index (κ3) is 5.01. The molecule has 0 fully saturated rings. The van der Waals surface area contributed by atoms with Crippen LogP contribution in [-0.4, -0.2) is 24.6 Å². The molecule has 8 heteroatoms. The first-order valence-electron chi connectivity index (χ1n) is 8.61. The van der Waals surface area contributed by atoms with Gasteiger partial charge in [0.25, 0.3) is 0 Å². The zero-order valence-corrected chi connectivity index (χ0v) is 17.5. The number of benzene rings is 2. The van der Waals surface area contributed by atoms with Crippen molar-refractivity contribution in [3.8, 4) is 11.3 Å². The Labute approximate surface area is 174 Å². The van der Waals surface area contributed by atoms with Crippen LogP contribution in [0.25, 0.3) is 11.3 Å². The van der Waals surface area contributed by atoms with Gasteiger partial charge >= 0.3 is 0 Å². The fraction of sp³-hybridized carbons (Fsp3) is 0.200. The number of nitrogens with zero attached hydrogens (tertiary/aromatic N) is 2. The van der Waals surface area contributed by atoms with Crippen LogP contribution < -0.4 is 5.73 Å². The zero-order valence-electron chi connectivity index (χ0n) is 15.2. The van der Waals surface area contributed by atoms with Crippen molar-refractivity contribution in [3.63, 3.8) is 0 Å². The first-order valence-corrected chi connectivity index (χ1v) is 11.3. The van der Waals surface area contributed by atoms with E-state index >= 15 is 0 Å². The van der Waals surface area contributed by atoms with E-state index in [1.165, 1.54) is 6.26 Å². The fourth-order valence-electron chi connectivity index (χ4n) is 2.86. The summed E-state index contributed by atoms with van der Waals surface area (Å²) in [6, 6.07) is 14.2. The van der Waals surface area contributed by atoms with E-state index in [2.05, 4.69) is 9.97 Å². The fourth-order valence-corrected chi connectivity index (χ4v) is 3.89. The second kappa shape index (κ2) is 8.47. The van der Waals surface area contributed by atoms with Crippen molar-refractivity contribution in [2.45, 2.75) is 24.2 Å². The summed E-state index contributed by atoms with van der Waals surface area (Å²) in [4.78, 5) is 8.89. The highest BCUT2D eigenvalue weighted by molar-refractivity contribution is 7.90. The molecule has 0 saturated heterocycles. The second-order valence-corrected chi connectivity index (χ2v) is 9.27. The molecule has 2 N–H and O–H groups in total. The maximum Gasteiger partial charge on any atom is 0.220 e. The molecule has 0 spiro atoms. The lowest BCUT2D eigenvalue weighted by Gasteiger charge is -2.09. The molecule has 28 heavy (non-hydrogen) atoms. The molecule has 0 aliphatic rings. The maximum absolute atomic E-state index is 11.5. The van der Waals surface area contributed by atoms with Crippen molar-refractivity contribution in [3.05, 3.63) is 69.8 Å². The Hall–Kier alpha value is -2.15. The lowest BCUT2D eigenvalue weighted by Crippen LogP contribution is -2.02. The van der Waals surface area contributed by atoms with Gasteiger partial charge in [-0.3, -0.25) is 0 Å². The van der Waals surface area contributed by atoms with Crippen LogP contribution in [0.2, 0.25) is 10.0 Å². The summed E-state index contributed by atoms with van der Waals surface area (Å²) in [6.45, 7) is 0. The van der Waals surface area contributed by atoms with Crippen molar-refractivity contribution in [2.75, 3.05) is 12.0 Å². The minimum Gasteiger partial charge on any atom is -0.368 e. The molecule has 1 heterocycles. The molecule has 3 aromatic rings. The standard InChI is InChI=1S/C20H19Cl2N3O2S/c1-28(26,27)15-10-8-13(9-11-15)4-2-5-14-12-18(25-20(23)24-14)16-6-3-7-17(21)19(16)22/h3,6-12H,2,4-5H2,1H3,(H2,23,24,25). The number of aromatic nitrogens is 2. The summed E-state index contributed by atoms with van der Waals surface area (Å²) in [5.41, 5.74) is 9.08. The molecule has 1 aromatic heterocycles. The normalized spacial score (nSPS) is 11.5. The predicted molar refractivity (Wildman–Crippen MR) is 113 cm³/mol. The Kier molecular flexibility index (Phi) is 6.23. The number of rotatable bonds is 6. The minimum atomic E-state index is -3.18. The molecule has 0 saturated carbocycles. The van der Waals surface area contributed by atoms with E-state index in [9.17, 15) is 8.42 Å². The number of aryl methyl sites for hydroxylation is 2. The van der Waals surface area contributed by atoms with Crippen LogP contribution in [0.1, 0.15) is 17.7 Å². The Balaban J connectivity index is 1.71. The van der Waals surface area contributed by atoms with Crippen LogP contribution >= 0.6 is 23.2 Å². The number of hydrogen-bond donors (Lipinski definition) is 1. The third-order valence-electron chi connectivity index (χ3n) is 4.27. The summed E-state index contributed by atoms with van der Waals surface area (Å²) in [5.74, 6) is 0.182. The Morgan fingerprint density at radius 2 is 1.71 bits per heavy atom. The number of anilines is 1. The largest absolute Gasteiger partial charge is 0.368 e. The van der Waals surface area contributed by atoms with Gasteiger partial charge < -0.3 is 5.73 Å². The molecule has 0 atom stereocenters. The van der Waals surface area contributed by atoms with Crippen molar-refractivity contribution >= 4 is 39.0 Å². The van der Waals surface area contributed by atoms with Gasteiger partial charge in [0.15, 0.2) is 9.84 Å². The summed E-state index contributed by atoms with van der Waals surface area (Å²) in [6.07, 6.45) is 3.52. The highest BCUT2D eigenvalue weighted by atomic mass is 35.5. The molecule has 3 rings (SSSR count). The van der Waals surface area contributed by atoms with Crippen molar-refractivity contribution in [1.82, 2.24) is 9.97 Å². The highest BCUT2D eigenvalue weighted by Gasteiger charge is 2.11. The Bertz CT molecular complexity index is 1100. The van der Waals surface area contributed by atoms with Gasteiger partial charge in [0.2, 0.25) is 5.95 Å². The number of halogens is 2. The summed E-state index contributed by atoms with van der Waals surface area (Å²) < 4.78 is 23.1. The van der Waals surface area contributed by atoms with Crippen molar-refractivity contribution in [2.24, 2.45) is 0 Å². The van der Waals surface area contributed by atoms with E-state index in [4.69, 9.17) is 28.9 Å². The molecule has 0 amide bonds. The number of nitrogens with two attached hydrogens (primary N) is 1. The Morgan fingerprint density at radius 3 is 2.39 bits per heavy atom. The lowest BCUT2D eigenvalue weighted by molar-refractivity contribution is 0.602. The molecule has 5 nitrogen and oxygen atoms in total. The predicted octanol–water partition coefficient (Wildman–Crippen LogP) is 4.61. The van der Waals surface area contributed by atoms with Gasteiger partial charge in [-0.15, -0.1) is 0 Å². The molecule has 146 valence electrons. The van der Waals surface area contributed by atoms with Crippen LogP contribution in [0.5, 0.6) is 0 Å². The van der Waals surface area contributed by atoms with Crippen molar-refractivity contribution < 1.29 is 8.42 Å². The number of nitrogen functional groups attached to an aromatic ring is 1. The second-order valence-electron chi connectivity index (χ2n) is 6.47. The van der Waals surface area contributed by atoms with Crippen molar-refractivity contribution in [1.29, 1.82) is 0 Å². The summed E-state index contributed by atoms with van der Waals surface area (Å²) in [7, 11) is -3.18. The third-order valence-corrected chi connectivity index (χ3v) is 6.22. The molecule has 0 unspecified atom stereocenters. The number of sulfone groups is 1. The van der Waals surface area contributed by atoms with Gasteiger partial charge in [0, 0.05) is 17.5 Å². The molecular weight excluding hydrogens is 417 g/mol. The topological polar surface area (TPSA) is 85.9 Å². The van der Waals surface area contributed by atoms with Crippen LogP contribution in [0.3, 0.4) is 0 Å². The molecule has 0 aliphatic heterocycles. The lowest BCUT2D eigenvalue weighted by atomic mass is 10.1. The van der Waals surface area contributed by atoms with Crippen LogP contribution in [-0.2, 0) is 22.7 Å². The minimum absolute atomic E-state index is 0.182. The van der Waals surface area contributed by atoms with Crippen LogP contribution in [0, 0.1) is 0 Å². The highest BCUT2D eigenvalue weighted by Crippen LogP contribution is 2.33. The maximum atomic E-state index is 11.5. The molecule has 0 aliphatic carbocycles. The SMILES string of the molecule is CS(=O)(=O)c1ccc(CCCc2cc(-c3cccc(Cl)c3Cl)nc(N)n2)cc1. The van der Waals surface area contributed by atoms with Gasteiger partial charge in [-0.1, -0.05) is 47.5 Å². The van der Waals surface area contributed by atoms with Crippen LogP contribution in [0.15, 0.2) is 53.4 Å². The number of hydrogen-bond acceptors (Lipinski definition) is 5. The first-order chi connectivity index (χ1) is 13.2. The van der Waals surface area contributed by atoms with Gasteiger partial charge in [0.1, 0.15) is 0 Å². The smallest absolute Gasteiger partial charge is 0.220 e. The van der Waals surface area contributed by atoms with Crippen LogP contribution in [0.4, 0.5) is 5.95 Å². The van der Waals surface area contributed by atoms with E-state index in [-0.39, 0.29) is 5.95 Å². The average Bonchev–Trinajstić information content (AvgIpc) is 2.63. The molecule has 2 aromatic carbocycles. The van der Waals surface area contributed by atoms with E-state index in [1.54, 1.807) is 18.2 Å². The Morgan fingerprint density at radius 1 is 1.00 bits per heavy atom. The zero-order chi connectivity index (χ0) is 20.3. The van der Waals surface area contributed by atoms with E-state index in [0.29, 0.717) is 32.6 Å². The van der Waals surface area contributed by atoms with Gasteiger partial charge in [-0.25, -0.2) is 18.4 Å². The van der Waals surface area contributed by atoms with E-state index < -0.39 is 9.84 Å². The molecule has 0 bridgehead atoms. The summed E-state index contributed by atoms with van der Waals surface area (Å²) >= 11 is 12.4. The van der Waals surface area contributed by atoms with Gasteiger partial charge in [-0.2, -0.15) is 0 Å². The van der Waals surface area contributed by atoms with E-state index in [0.717, 1.165) is 24.1 Å². The quantitative estimate of drug-likeness (QED) is 0.610. The molecular formula is C20H19Cl2N3O2S. The summed E-state index contributed by atoms with van der Waals surface area (Å²) in [5, 5.41) is 0.884. The first kappa shape index (κ1) is 20.6. The average molecular weight is 436 g/mol. The van der Waals surface area contributed by atoms with Gasteiger partial charge in [-0.05, 0) is 49.1 Å². The molecule has 0 radical (unpaired) electrons. The monoisotopic (exact) mass is 435 g/mol.